The molecule has 1 aromatic carbocycles. The van der Waals surface area contributed by atoms with Crippen molar-refractivity contribution in [3.8, 4) is 0 Å². The van der Waals surface area contributed by atoms with Gasteiger partial charge in [-0.3, -0.25) is 0 Å². The van der Waals surface area contributed by atoms with Crippen LogP contribution in [0.25, 0.3) is 6.08 Å². The zero-order valence-electron chi connectivity index (χ0n) is 11.2. The third kappa shape index (κ3) is 4.26. The summed E-state index contributed by atoms with van der Waals surface area (Å²) >= 11 is 6.04. The summed E-state index contributed by atoms with van der Waals surface area (Å²) < 4.78 is 4.78. The number of carbonyl (C=O) groups excluding carboxylic acids is 1. The van der Waals surface area contributed by atoms with Gasteiger partial charge in [0.05, 0.1) is 12.2 Å². The highest BCUT2D eigenvalue weighted by Gasteiger charge is 2.20. The number of anilines is 1. The molecule has 0 aliphatic heterocycles. The summed E-state index contributed by atoms with van der Waals surface area (Å²) in [7, 11) is 0. The minimum absolute atomic E-state index is 0.314. The maximum absolute atomic E-state index is 11.3. The van der Waals surface area contributed by atoms with Crippen LogP contribution >= 0.6 is 11.6 Å². The van der Waals surface area contributed by atoms with Crippen LogP contribution in [0, 0.1) is 0 Å². The second-order valence-electron chi connectivity index (χ2n) is 4.61. The van der Waals surface area contributed by atoms with Crippen molar-refractivity contribution in [1.82, 2.24) is 0 Å². The first-order valence-electron chi connectivity index (χ1n) is 5.92. The number of ether oxygens (including phenoxy) is 1. The van der Waals surface area contributed by atoms with Crippen molar-refractivity contribution in [3.63, 3.8) is 0 Å². The van der Waals surface area contributed by atoms with Gasteiger partial charge in [-0.2, -0.15) is 0 Å². The molecule has 5 heteroatoms. The van der Waals surface area contributed by atoms with E-state index in [2.05, 4.69) is 0 Å². The van der Waals surface area contributed by atoms with Crippen LogP contribution in [-0.2, 0) is 15.1 Å². The Labute approximate surface area is 117 Å². The van der Waals surface area contributed by atoms with E-state index in [1.54, 1.807) is 39.0 Å². The molecule has 0 radical (unpaired) electrons. The Morgan fingerprint density at radius 2 is 2.16 bits per heavy atom. The number of benzene rings is 1. The van der Waals surface area contributed by atoms with E-state index in [4.69, 9.17) is 22.1 Å². The molecule has 1 aromatic rings. The highest BCUT2D eigenvalue weighted by Crippen LogP contribution is 2.32. The van der Waals surface area contributed by atoms with E-state index in [-0.39, 0.29) is 0 Å². The van der Waals surface area contributed by atoms with E-state index in [1.165, 1.54) is 6.08 Å². The maximum atomic E-state index is 11.3. The topological polar surface area (TPSA) is 72.5 Å². The van der Waals surface area contributed by atoms with Gasteiger partial charge in [0.25, 0.3) is 0 Å². The molecule has 0 amide bonds. The number of nitrogens with two attached hydrogens (primary N) is 1. The van der Waals surface area contributed by atoms with Crippen molar-refractivity contribution in [2.24, 2.45) is 0 Å². The summed E-state index contributed by atoms with van der Waals surface area (Å²) in [4.78, 5) is 11.3. The van der Waals surface area contributed by atoms with Gasteiger partial charge in [0.1, 0.15) is 0 Å². The molecule has 0 aliphatic rings. The predicted octanol–water partition coefficient (Wildman–Crippen LogP) is 2.73. The Bertz CT molecular complexity index is 504. The summed E-state index contributed by atoms with van der Waals surface area (Å²) in [5.74, 6) is -0.443. The van der Waals surface area contributed by atoms with Gasteiger partial charge in [0.15, 0.2) is 0 Å². The summed E-state index contributed by atoms with van der Waals surface area (Å²) in [6.45, 7) is 5.30. The van der Waals surface area contributed by atoms with Crippen LogP contribution in [0.3, 0.4) is 0 Å². The van der Waals surface area contributed by atoms with E-state index < -0.39 is 11.6 Å². The van der Waals surface area contributed by atoms with Gasteiger partial charge >= 0.3 is 5.97 Å². The highest BCUT2D eigenvalue weighted by molar-refractivity contribution is 6.31. The van der Waals surface area contributed by atoms with Gasteiger partial charge < -0.3 is 15.6 Å². The molecule has 0 saturated carbocycles. The van der Waals surface area contributed by atoms with Gasteiger partial charge in [-0.1, -0.05) is 11.6 Å². The molecular formula is C14H18ClNO3. The Kier molecular flexibility index (Phi) is 4.97. The first-order valence-corrected chi connectivity index (χ1v) is 6.30. The largest absolute Gasteiger partial charge is 0.463 e. The maximum Gasteiger partial charge on any atom is 0.330 e. The average molecular weight is 284 g/mol. The molecule has 0 saturated heterocycles. The number of aliphatic hydroxyl groups is 1. The molecule has 104 valence electrons. The van der Waals surface area contributed by atoms with Crippen molar-refractivity contribution >= 4 is 29.3 Å². The molecule has 0 spiro atoms. The molecule has 4 nitrogen and oxygen atoms in total. The van der Waals surface area contributed by atoms with Gasteiger partial charge in [-0.25, -0.2) is 4.79 Å². The Morgan fingerprint density at radius 3 is 2.68 bits per heavy atom. The van der Waals surface area contributed by atoms with Crippen molar-refractivity contribution in [1.29, 1.82) is 0 Å². The second kappa shape index (κ2) is 6.08. The number of halogens is 1. The Hall–Kier alpha value is -1.52. The van der Waals surface area contributed by atoms with Crippen LogP contribution in [0.4, 0.5) is 5.69 Å². The first kappa shape index (κ1) is 15.5. The Balaban J connectivity index is 3.12. The van der Waals surface area contributed by atoms with E-state index >= 15 is 0 Å². The van der Waals surface area contributed by atoms with Crippen molar-refractivity contribution in [3.05, 3.63) is 34.4 Å². The molecule has 1 rings (SSSR count). The van der Waals surface area contributed by atoms with Gasteiger partial charge in [-0.05, 0) is 44.5 Å². The number of hydrogen-bond donors (Lipinski definition) is 2. The van der Waals surface area contributed by atoms with E-state index in [9.17, 15) is 9.90 Å². The summed E-state index contributed by atoms with van der Waals surface area (Å²) in [5.41, 5.74) is 6.32. The van der Waals surface area contributed by atoms with Crippen molar-refractivity contribution in [2.75, 3.05) is 12.3 Å². The fraction of sp³-hybridized carbons (Fsp3) is 0.357. The third-order valence-corrected chi connectivity index (χ3v) is 2.83. The second-order valence-corrected chi connectivity index (χ2v) is 5.01. The summed E-state index contributed by atoms with van der Waals surface area (Å²) in [5, 5.41) is 10.4. The number of esters is 1. The SMILES string of the molecule is CCOC(=O)/C=C/c1cc(C(C)(C)O)c(Cl)cc1N. The van der Waals surface area contributed by atoms with Crippen LogP contribution in [0.1, 0.15) is 31.9 Å². The monoisotopic (exact) mass is 283 g/mol. The predicted molar refractivity (Wildman–Crippen MR) is 76.8 cm³/mol. The minimum Gasteiger partial charge on any atom is -0.463 e. The average Bonchev–Trinajstić information content (AvgIpc) is 2.26. The number of nitrogen functional groups attached to an aromatic ring is 1. The molecule has 0 atom stereocenters. The quantitative estimate of drug-likeness (QED) is 0.506. The fourth-order valence-corrected chi connectivity index (χ4v) is 1.97. The van der Waals surface area contributed by atoms with Crippen LogP contribution in [0.15, 0.2) is 18.2 Å². The van der Waals surface area contributed by atoms with E-state index in [1.807, 2.05) is 0 Å². The van der Waals surface area contributed by atoms with Crippen LogP contribution in [-0.4, -0.2) is 17.7 Å². The molecule has 0 fully saturated rings. The van der Waals surface area contributed by atoms with E-state index in [0.717, 1.165) is 0 Å². The lowest BCUT2D eigenvalue weighted by molar-refractivity contribution is -0.137. The zero-order chi connectivity index (χ0) is 14.6. The smallest absolute Gasteiger partial charge is 0.330 e. The van der Waals surface area contributed by atoms with Gasteiger partial charge in [-0.15, -0.1) is 0 Å². The standard InChI is InChI=1S/C14H18ClNO3/c1-4-19-13(17)6-5-9-7-10(14(2,3)18)11(15)8-12(9)16/h5-8,18H,4,16H2,1-3H3/b6-5+. The van der Waals surface area contributed by atoms with E-state index in [0.29, 0.717) is 28.4 Å². The number of carbonyl (C=O) groups is 1. The molecule has 19 heavy (non-hydrogen) atoms. The molecule has 0 heterocycles. The summed E-state index contributed by atoms with van der Waals surface area (Å²) in [6.07, 6.45) is 2.83. The van der Waals surface area contributed by atoms with Crippen LogP contribution in [0.2, 0.25) is 5.02 Å². The number of hydrogen-bond acceptors (Lipinski definition) is 4. The molecule has 3 N–H and O–H groups in total. The zero-order valence-corrected chi connectivity index (χ0v) is 12.0. The molecular weight excluding hydrogens is 266 g/mol. The van der Waals surface area contributed by atoms with Gasteiger partial charge in [0, 0.05) is 22.3 Å². The van der Waals surface area contributed by atoms with Crippen LogP contribution < -0.4 is 5.73 Å². The molecule has 0 aromatic heterocycles. The lowest BCUT2D eigenvalue weighted by Crippen LogP contribution is -2.16. The van der Waals surface area contributed by atoms with Gasteiger partial charge in [0.2, 0.25) is 0 Å². The summed E-state index contributed by atoms with van der Waals surface area (Å²) in [6, 6.07) is 3.22. The Morgan fingerprint density at radius 1 is 1.53 bits per heavy atom. The van der Waals surface area contributed by atoms with Crippen molar-refractivity contribution < 1.29 is 14.6 Å². The molecule has 0 aliphatic carbocycles. The van der Waals surface area contributed by atoms with Crippen LogP contribution in [0.5, 0.6) is 0 Å². The highest BCUT2D eigenvalue weighted by atomic mass is 35.5. The minimum atomic E-state index is -1.09. The lowest BCUT2D eigenvalue weighted by Gasteiger charge is -2.20. The normalized spacial score (nSPS) is 11.8. The third-order valence-electron chi connectivity index (χ3n) is 2.52. The fourth-order valence-electron chi connectivity index (χ4n) is 1.57. The first-order chi connectivity index (χ1) is 8.75. The molecule has 0 unspecified atom stereocenters. The van der Waals surface area contributed by atoms with Crippen molar-refractivity contribution in [2.45, 2.75) is 26.4 Å². The molecule has 0 bridgehead atoms. The lowest BCUT2D eigenvalue weighted by atomic mass is 9.95. The number of rotatable bonds is 4.